The summed E-state index contributed by atoms with van der Waals surface area (Å²) in [6.07, 6.45) is 10.4. The van der Waals surface area contributed by atoms with E-state index in [-0.39, 0.29) is 12.0 Å². The van der Waals surface area contributed by atoms with E-state index in [1.165, 1.54) is 32.1 Å². The average molecular weight is 276 g/mol. The Labute approximate surface area is 120 Å². The van der Waals surface area contributed by atoms with Crippen molar-refractivity contribution in [3.63, 3.8) is 0 Å². The summed E-state index contributed by atoms with van der Waals surface area (Å²) >= 11 is 0. The molecule has 5 atom stereocenters. The van der Waals surface area contributed by atoms with Crippen LogP contribution < -0.4 is 0 Å². The highest BCUT2D eigenvalue weighted by atomic mass is 16.5. The minimum atomic E-state index is -0.300. The highest BCUT2D eigenvalue weighted by molar-refractivity contribution is 5.08. The zero-order valence-electron chi connectivity index (χ0n) is 12.0. The van der Waals surface area contributed by atoms with Crippen LogP contribution in [0.1, 0.15) is 81.3 Å². The zero-order valence-corrected chi connectivity index (χ0v) is 12.0. The number of hydrogen-bond acceptors (Lipinski definition) is 4. The summed E-state index contributed by atoms with van der Waals surface area (Å²) in [4.78, 5) is 4.69. The monoisotopic (exact) mass is 276 g/mol. The van der Waals surface area contributed by atoms with Crippen molar-refractivity contribution >= 4 is 0 Å². The van der Waals surface area contributed by atoms with Crippen LogP contribution in [0.4, 0.5) is 0 Å². The molecular weight excluding hydrogens is 252 g/mol. The lowest BCUT2D eigenvalue weighted by Crippen LogP contribution is -2.17. The van der Waals surface area contributed by atoms with Crippen molar-refractivity contribution in [1.29, 1.82) is 0 Å². The van der Waals surface area contributed by atoms with Gasteiger partial charge < -0.3 is 9.63 Å². The van der Waals surface area contributed by atoms with E-state index in [4.69, 9.17) is 4.52 Å². The molecule has 4 heteroatoms. The Morgan fingerprint density at radius 1 is 0.950 bits per heavy atom. The second-order valence-electron chi connectivity index (χ2n) is 7.08. The Kier molecular flexibility index (Phi) is 3.29. The van der Waals surface area contributed by atoms with Crippen molar-refractivity contribution < 1.29 is 9.63 Å². The van der Waals surface area contributed by atoms with Crippen molar-refractivity contribution in [2.75, 3.05) is 0 Å². The lowest BCUT2D eigenvalue weighted by Gasteiger charge is -2.18. The van der Waals surface area contributed by atoms with Crippen LogP contribution in [0, 0.1) is 11.8 Å². The van der Waals surface area contributed by atoms with E-state index >= 15 is 0 Å². The molecule has 0 radical (unpaired) electrons. The number of fused-ring (bicyclic) bond motifs is 2. The molecule has 1 aromatic rings. The maximum absolute atomic E-state index is 10.3. The lowest BCUT2D eigenvalue weighted by molar-refractivity contribution is 0.119. The molecule has 1 heterocycles. The molecule has 0 amide bonds. The van der Waals surface area contributed by atoms with Crippen molar-refractivity contribution in [3.8, 4) is 0 Å². The van der Waals surface area contributed by atoms with Gasteiger partial charge in [0.2, 0.25) is 5.89 Å². The fourth-order valence-corrected chi connectivity index (χ4v) is 4.69. The van der Waals surface area contributed by atoms with Crippen LogP contribution in [0.25, 0.3) is 0 Å². The highest BCUT2D eigenvalue weighted by Crippen LogP contribution is 2.52. The van der Waals surface area contributed by atoms with Crippen molar-refractivity contribution in [1.82, 2.24) is 10.1 Å². The van der Waals surface area contributed by atoms with Gasteiger partial charge in [0, 0.05) is 5.92 Å². The molecule has 0 saturated heterocycles. The fourth-order valence-electron chi connectivity index (χ4n) is 4.69. The molecule has 110 valence electrons. The number of nitrogens with zero attached hydrogens (tertiary/aromatic N) is 2. The van der Waals surface area contributed by atoms with Crippen molar-refractivity contribution in [2.45, 2.75) is 75.7 Å². The largest absolute Gasteiger partial charge is 0.392 e. The topological polar surface area (TPSA) is 59.2 Å². The van der Waals surface area contributed by atoms with Gasteiger partial charge in [0.1, 0.15) is 0 Å². The summed E-state index contributed by atoms with van der Waals surface area (Å²) in [7, 11) is 0. The molecule has 1 aromatic heterocycles. The van der Waals surface area contributed by atoms with Gasteiger partial charge in [0.05, 0.1) is 12.0 Å². The van der Waals surface area contributed by atoms with Gasteiger partial charge in [0.25, 0.3) is 0 Å². The molecule has 4 nitrogen and oxygen atoms in total. The first-order valence-corrected chi connectivity index (χ1v) is 8.33. The van der Waals surface area contributed by atoms with E-state index in [2.05, 4.69) is 10.1 Å². The number of aliphatic hydroxyl groups excluding tert-OH is 1. The van der Waals surface area contributed by atoms with Crippen molar-refractivity contribution in [3.05, 3.63) is 11.7 Å². The summed E-state index contributed by atoms with van der Waals surface area (Å²) in [6.45, 7) is 0. The molecule has 1 N–H and O–H groups in total. The molecule has 0 spiro atoms. The first-order chi connectivity index (χ1) is 9.81. The Bertz CT molecular complexity index is 473. The van der Waals surface area contributed by atoms with Gasteiger partial charge in [-0.1, -0.05) is 30.8 Å². The van der Waals surface area contributed by atoms with Crippen LogP contribution in [0.2, 0.25) is 0 Å². The first-order valence-electron chi connectivity index (χ1n) is 8.33. The minimum absolute atomic E-state index is 0.0670. The van der Waals surface area contributed by atoms with Gasteiger partial charge in [0.15, 0.2) is 5.82 Å². The molecule has 20 heavy (non-hydrogen) atoms. The lowest BCUT2D eigenvalue weighted by atomic mass is 9.88. The second kappa shape index (κ2) is 5.14. The first kappa shape index (κ1) is 12.8. The molecule has 5 unspecified atom stereocenters. The Morgan fingerprint density at radius 3 is 2.65 bits per heavy atom. The average Bonchev–Trinajstić information content (AvgIpc) is 3.15. The van der Waals surface area contributed by atoms with Gasteiger partial charge in [-0.15, -0.1) is 0 Å². The maximum atomic E-state index is 10.3. The molecule has 3 aliphatic rings. The standard InChI is InChI=1S/C16H24N2O2/c19-14-5-3-1-2-4-12(14)16-17-15(18-20-16)13-9-10-6-7-11(13)8-10/h10-14,19H,1-9H2. The van der Waals surface area contributed by atoms with Crippen LogP contribution in [0.3, 0.4) is 0 Å². The zero-order chi connectivity index (χ0) is 13.5. The van der Waals surface area contributed by atoms with Crippen LogP contribution in [-0.2, 0) is 0 Å². The summed E-state index contributed by atoms with van der Waals surface area (Å²) in [5.41, 5.74) is 0. The molecule has 2 bridgehead atoms. The van der Waals surface area contributed by atoms with Gasteiger partial charge in [-0.3, -0.25) is 0 Å². The number of aromatic nitrogens is 2. The van der Waals surface area contributed by atoms with E-state index in [9.17, 15) is 5.11 Å². The highest BCUT2D eigenvalue weighted by Gasteiger charge is 2.42. The number of rotatable bonds is 2. The number of aliphatic hydroxyl groups is 1. The fraction of sp³-hybridized carbons (Fsp3) is 0.875. The molecule has 3 saturated carbocycles. The summed E-state index contributed by atoms with van der Waals surface area (Å²) < 4.78 is 5.53. The maximum Gasteiger partial charge on any atom is 0.232 e. The third-order valence-electron chi connectivity index (χ3n) is 5.82. The van der Waals surface area contributed by atoms with Crippen LogP contribution in [-0.4, -0.2) is 21.4 Å². The van der Waals surface area contributed by atoms with Gasteiger partial charge in [-0.2, -0.15) is 4.98 Å². The van der Waals surface area contributed by atoms with E-state index in [1.807, 2.05) is 0 Å². The Morgan fingerprint density at radius 2 is 1.85 bits per heavy atom. The normalized spacial score (nSPS) is 41.0. The summed E-state index contributed by atoms with van der Waals surface area (Å²) in [5.74, 6) is 3.88. The summed E-state index contributed by atoms with van der Waals surface area (Å²) in [6, 6.07) is 0. The molecule has 0 aliphatic heterocycles. The molecule has 0 aromatic carbocycles. The van der Waals surface area contributed by atoms with Gasteiger partial charge in [-0.25, -0.2) is 0 Å². The molecule has 4 rings (SSSR count). The van der Waals surface area contributed by atoms with Crippen LogP contribution >= 0.6 is 0 Å². The molecular formula is C16H24N2O2. The Balaban J connectivity index is 1.52. The summed E-state index contributed by atoms with van der Waals surface area (Å²) in [5, 5.41) is 14.5. The molecule has 3 fully saturated rings. The van der Waals surface area contributed by atoms with Crippen LogP contribution in [0.15, 0.2) is 4.52 Å². The predicted molar refractivity (Wildman–Crippen MR) is 74.3 cm³/mol. The second-order valence-corrected chi connectivity index (χ2v) is 7.08. The van der Waals surface area contributed by atoms with E-state index in [1.54, 1.807) is 0 Å². The molecule has 3 aliphatic carbocycles. The van der Waals surface area contributed by atoms with Gasteiger partial charge >= 0.3 is 0 Å². The van der Waals surface area contributed by atoms with Crippen molar-refractivity contribution in [2.24, 2.45) is 11.8 Å². The van der Waals surface area contributed by atoms with Gasteiger partial charge in [-0.05, 0) is 43.9 Å². The minimum Gasteiger partial charge on any atom is -0.392 e. The number of hydrogen-bond donors (Lipinski definition) is 1. The van der Waals surface area contributed by atoms with E-state index in [0.717, 1.165) is 43.3 Å². The Hall–Kier alpha value is -0.900. The quantitative estimate of drug-likeness (QED) is 0.841. The SMILES string of the molecule is OC1CCCCCC1c1nc(C2CC3CCC2C3)no1. The van der Waals surface area contributed by atoms with E-state index in [0.29, 0.717) is 11.8 Å². The third kappa shape index (κ3) is 2.18. The predicted octanol–water partition coefficient (Wildman–Crippen LogP) is 3.38. The van der Waals surface area contributed by atoms with E-state index < -0.39 is 0 Å². The smallest absolute Gasteiger partial charge is 0.232 e. The van der Waals surface area contributed by atoms with Crippen LogP contribution in [0.5, 0.6) is 0 Å². The third-order valence-corrected chi connectivity index (χ3v) is 5.82.